The minimum atomic E-state index is -0.844. The smallest absolute Gasteiger partial charge is 0.279 e. The van der Waals surface area contributed by atoms with Crippen molar-refractivity contribution in [2.75, 3.05) is 30.8 Å². The second-order valence-corrected chi connectivity index (χ2v) is 6.27. The van der Waals surface area contributed by atoms with Crippen LogP contribution >= 0.6 is 0 Å². The van der Waals surface area contributed by atoms with Crippen LogP contribution < -0.4 is 15.5 Å². The van der Waals surface area contributed by atoms with Crippen LogP contribution in [0.25, 0.3) is 0 Å². The number of anilines is 2. The molecule has 0 aromatic heterocycles. The second kappa shape index (κ2) is 8.53. The summed E-state index contributed by atoms with van der Waals surface area (Å²) in [5.74, 6) is -2.51. The molecule has 2 aromatic carbocycles. The van der Waals surface area contributed by atoms with Gasteiger partial charge in [-0.1, -0.05) is 24.3 Å². The van der Waals surface area contributed by atoms with Crippen LogP contribution in [0, 0.1) is 25.5 Å². The highest BCUT2D eigenvalue weighted by Gasteiger charge is 2.18. The van der Waals surface area contributed by atoms with E-state index in [1.165, 1.54) is 6.07 Å². The third-order valence-electron chi connectivity index (χ3n) is 3.90. The topological polar surface area (TPSA) is 62.6 Å². The van der Waals surface area contributed by atoms with Crippen molar-refractivity contribution in [1.82, 2.24) is 0 Å². The molecule has 0 bridgehead atoms. The molecule has 0 aliphatic heterocycles. The van der Waals surface area contributed by atoms with Crippen molar-refractivity contribution >= 4 is 23.2 Å². The highest BCUT2D eigenvalue weighted by molar-refractivity contribution is 5.94. The van der Waals surface area contributed by atoms with Crippen LogP contribution in [0.4, 0.5) is 20.2 Å². The van der Waals surface area contributed by atoms with E-state index >= 15 is 0 Å². The van der Waals surface area contributed by atoms with Gasteiger partial charge in [-0.05, 0) is 37.1 Å². The Hall–Kier alpha value is -2.80. The zero-order valence-corrected chi connectivity index (χ0v) is 15.0. The molecule has 5 nitrogen and oxygen atoms in total. The number of quaternary nitrogens is 1. The number of aryl methyl sites for hydroxylation is 2. The lowest BCUT2D eigenvalue weighted by atomic mass is 10.1. The molecular formula is C19H22F2N3O2+. The maximum Gasteiger partial charge on any atom is 0.279 e. The summed E-state index contributed by atoms with van der Waals surface area (Å²) in [6.07, 6.45) is 0. The van der Waals surface area contributed by atoms with Crippen LogP contribution in [0.1, 0.15) is 11.1 Å². The predicted molar refractivity (Wildman–Crippen MR) is 96.2 cm³/mol. The summed E-state index contributed by atoms with van der Waals surface area (Å²) < 4.78 is 27.1. The van der Waals surface area contributed by atoms with Gasteiger partial charge < -0.3 is 15.5 Å². The van der Waals surface area contributed by atoms with Gasteiger partial charge in [0.05, 0.1) is 7.05 Å². The first-order valence-corrected chi connectivity index (χ1v) is 8.19. The molecule has 0 aliphatic rings. The number of carbonyl (C=O) groups is 2. The summed E-state index contributed by atoms with van der Waals surface area (Å²) in [6, 6.07) is 9.05. The fourth-order valence-corrected chi connectivity index (χ4v) is 2.61. The van der Waals surface area contributed by atoms with Crippen LogP contribution in [0.5, 0.6) is 0 Å². The van der Waals surface area contributed by atoms with Crippen molar-refractivity contribution in [3.63, 3.8) is 0 Å². The monoisotopic (exact) mass is 362 g/mol. The molecule has 2 amide bonds. The van der Waals surface area contributed by atoms with Gasteiger partial charge in [-0.15, -0.1) is 0 Å². The number of hydrogen-bond acceptors (Lipinski definition) is 2. The summed E-state index contributed by atoms with van der Waals surface area (Å²) in [6.45, 7) is 3.74. The third-order valence-corrected chi connectivity index (χ3v) is 3.90. The van der Waals surface area contributed by atoms with E-state index in [0.29, 0.717) is 4.90 Å². The van der Waals surface area contributed by atoms with E-state index in [1.54, 1.807) is 7.05 Å². The highest BCUT2D eigenvalue weighted by Crippen LogP contribution is 2.19. The molecule has 1 unspecified atom stereocenters. The summed E-state index contributed by atoms with van der Waals surface area (Å²) in [5.41, 5.74) is 2.17. The Morgan fingerprint density at radius 1 is 0.846 bits per heavy atom. The number of likely N-dealkylation sites (N-methyl/N-ethyl adjacent to an activating group) is 1. The van der Waals surface area contributed by atoms with Gasteiger partial charge in [-0.3, -0.25) is 9.59 Å². The van der Waals surface area contributed by atoms with Crippen LogP contribution in [-0.2, 0) is 9.59 Å². The minimum Gasteiger partial charge on any atom is -0.322 e. The molecule has 2 aromatic rings. The molecule has 0 heterocycles. The maximum atomic E-state index is 13.6. The van der Waals surface area contributed by atoms with Gasteiger partial charge >= 0.3 is 0 Å². The first kappa shape index (κ1) is 19.5. The van der Waals surface area contributed by atoms with Gasteiger partial charge in [0.25, 0.3) is 11.8 Å². The third kappa shape index (κ3) is 5.10. The number of benzene rings is 2. The molecule has 138 valence electrons. The van der Waals surface area contributed by atoms with Gasteiger partial charge in [-0.25, -0.2) is 8.78 Å². The van der Waals surface area contributed by atoms with Gasteiger partial charge in [-0.2, -0.15) is 0 Å². The number of nitrogens with one attached hydrogen (secondary N) is 3. The van der Waals surface area contributed by atoms with Crippen molar-refractivity contribution in [1.29, 1.82) is 0 Å². The molecular weight excluding hydrogens is 340 g/mol. The fraction of sp³-hybridized carbons (Fsp3) is 0.263. The standard InChI is InChI=1S/C19H21F2N3O2/c1-12-6-4-7-13(2)18(12)22-16(25)10-24(3)11-17(26)23-19-14(20)8-5-9-15(19)21/h4-9H,10-11H2,1-3H3,(H,22,25)(H,23,26)/p+1. The molecule has 3 N–H and O–H groups in total. The Labute approximate surface area is 151 Å². The van der Waals surface area contributed by atoms with Crippen molar-refractivity contribution in [2.45, 2.75) is 13.8 Å². The van der Waals surface area contributed by atoms with Gasteiger partial charge in [0.15, 0.2) is 13.1 Å². The van der Waals surface area contributed by atoms with Crippen LogP contribution in [0.3, 0.4) is 0 Å². The number of para-hydroxylation sites is 2. The van der Waals surface area contributed by atoms with Crippen molar-refractivity contribution in [2.24, 2.45) is 0 Å². The molecule has 0 saturated carbocycles. The summed E-state index contributed by atoms with van der Waals surface area (Å²) in [5, 5.41) is 5.05. The number of hydrogen-bond donors (Lipinski definition) is 3. The molecule has 26 heavy (non-hydrogen) atoms. The molecule has 0 fully saturated rings. The normalized spacial score (nSPS) is 11.7. The Kier molecular flexibility index (Phi) is 6.41. The average molecular weight is 362 g/mol. The molecule has 7 heteroatoms. The van der Waals surface area contributed by atoms with E-state index in [4.69, 9.17) is 0 Å². The molecule has 0 aliphatic carbocycles. The van der Waals surface area contributed by atoms with E-state index in [9.17, 15) is 18.4 Å². The van der Waals surface area contributed by atoms with E-state index in [0.717, 1.165) is 28.9 Å². The molecule has 0 saturated heterocycles. The van der Waals surface area contributed by atoms with Crippen molar-refractivity contribution in [3.05, 3.63) is 59.2 Å². The summed E-state index contributed by atoms with van der Waals surface area (Å²) in [4.78, 5) is 24.8. The lowest BCUT2D eigenvalue weighted by molar-refractivity contribution is -0.862. The van der Waals surface area contributed by atoms with Gasteiger partial charge in [0, 0.05) is 5.69 Å². The van der Waals surface area contributed by atoms with Gasteiger partial charge in [0.2, 0.25) is 0 Å². The van der Waals surface area contributed by atoms with Crippen molar-refractivity contribution in [3.8, 4) is 0 Å². The fourth-order valence-electron chi connectivity index (χ4n) is 2.61. The lowest BCUT2D eigenvalue weighted by Crippen LogP contribution is -3.11. The van der Waals surface area contributed by atoms with Gasteiger partial charge in [0.1, 0.15) is 17.3 Å². The predicted octanol–water partition coefficient (Wildman–Crippen LogP) is 1.67. The Bertz CT molecular complexity index is 716. The minimum absolute atomic E-state index is 0.0426. The van der Waals surface area contributed by atoms with E-state index in [1.807, 2.05) is 32.0 Å². The summed E-state index contributed by atoms with van der Waals surface area (Å²) in [7, 11) is 1.65. The maximum absolute atomic E-state index is 13.6. The summed E-state index contributed by atoms with van der Waals surface area (Å²) >= 11 is 0. The zero-order valence-electron chi connectivity index (χ0n) is 15.0. The first-order valence-electron chi connectivity index (χ1n) is 8.19. The average Bonchev–Trinajstić information content (AvgIpc) is 2.54. The number of carbonyl (C=O) groups excluding carboxylic acids is 2. The zero-order chi connectivity index (χ0) is 19.3. The first-order chi connectivity index (χ1) is 12.3. The van der Waals surface area contributed by atoms with Crippen LogP contribution in [0.15, 0.2) is 36.4 Å². The Morgan fingerprint density at radius 2 is 1.27 bits per heavy atom. The molecule has 2 rings (SSSR count). The number of amides is 2. The Morgan fingerprint density at radius 3 is 1.77 bits per heavy atom. The van der Waals surface area contributed by atoms with E-state index in [2.05, 4.69) is 10.6 Å². The van der Waals surface area contributed by atoms with Crippen LogP contribution in [0.2, 0.25) is 0 Å². The number of rotatable bonds is 6. The van der Waals surface area contributed by atoms with E-state index in [-0.39, 0.29) is 19.0 Å². The quantitative estimate of drug-likeness (QED) is 0.732. The lowest BCUT2D eigenvalue weighted by Gasteiger charge is -2.16. The molecule has 0 spiro atoms. The van der Waals surface area contributed by atoms with Crippen LogP contribution in [-0.4, -0.2) is 32.0 Å². The number of halogens is 2. The largest absolute Gasteiger partial charge is 0.322 e. The molecule has 0 radical (unpaired) electrons. The SMILES string of the molecule is Cc1cccc(C)c1NC(=O)C[NH+](C)CC(=O)Nc1c(F)cccc1F. The molecule has 1 atom stereocenters. The van der Waals surface area contributed by atoms with E-state index < -0.39 is 23.2 Å². The second-order valence-electron chi connectivity index (χ2n) is 6.27. The highest BCUT2D eigenvalue weighted by atomic mass is 19.1. The Balaban J connectivity index is 1.90. The van der Waals surface area contributed by atoms with Crippen molar-refractivity contribution < 1.29 is 23.3 Å².